The first-order valence-electron chi connectivity index (χ1n) is 5.98. The second kappa shape index (κ2) is 5.59. The number of aromatic nitrogens is 3. The lowest BCUT2D eigenvalue weighted by Crippen LogP contribution is -2.16. The maximum Gasteiger partial charge on any atom is 0.0551 e. The van der Waals surface area contributed by atoms with E-state index in [-0.39, 0.29) is 6.04 Å². The van der Waals surface area contributed by atoms with E-state index in [9.17, 15) is 0 Å². The minimum absolute atomic E-state index is 0.0273. The van der Waals surface area contributed by atoms with Crippen LogP contribution >= 0.6 is 0 Å². The summed E-state index contributed by atoms with van der Waals surface area (Å²) in [5, 5.41) is 4.23. The van der Waals surface area contributed by atoms with Crippen molar-refractivity contribution < 1.29 is 0 Å². The fourth-order valence-corrected chi connectivity index (χ4v) is 1.92. The molecule has 2 aromatic heterocycles. The largest absolute Gasteiger partial charge is 0.323 e. The van der Waals surface area contributed by atoms with Crippen LogP contribution in [0.1, 0.15) is 30.8 Å². The average Bonchev–Trinajstić information content (AvgIpc) is 2.85. The third kappa shape index (κ3) is 2.91. The molecule has 4 heteroatoms. The predicted octanol–water partition coefficient (Wildman–Crippen LogP) is 1.93. The SMILES string of the molecule is CCn1nccc1C(N)CCc1ccccn1. The highest BCUT2D eigenvalue weighted by Gasteiger charge is 2.11. The molecule has 2 rings (SSSR count). The van der Waals surface area contributed by atoms with Crippen LogP contribution in [0, 0.1) is 0 Å². The second-order valence-electron chi connectivity index (χ2n) is 4.04. The van der Waals surface area contributed by atoms with Gasteiger partial charge in [-0.2, -0.15) is 5.10 Å². The van der Waals surface area contributed by atoms with Crippen LogP contribution in [0.15, 0.2) is 36.7 Å². The van der Waals surface area contributed by atoms with Crippen molar-refractivity contribution >= 4 is 0 Å². The van der Waals surface area contributed by atoms with Gasteiger partial charge in [-0.1, -0.05) is 6.07 Å². The number of aryl methyl sites for hydroxylation is 2. The van der Waals surface area contributed by atoms with E-state index in [2.05, 4.69) is 17.0 Å². The van der Waals surface area contributed by atoms with Crippen LogP contribution in [0.4, 0.5) is 0 Å². The molecule has 0 aliphatic rings. The number of rotatable bonds is 5. The maximum atomic E-state index is 6.18. The van der Waals surface area contributed by atoms with Gasteiger partial charge in [0.1, 0.15) is 0 Å². The Morgan fingerprint density at radius 2 is 2.18 bits per heavy atom. The molecular weight excluding hydrogens is 212 g/mol. The first-order chi connectivity index (χ1) is 8.31. The molecule has 2 heterocycles. The fourth-order valence-electron chi connectivity index (χ4n) is 1.92. The van der Waals surface area contributed by atoms with Crippen molar-refractivity contribution in [1.82, 2.24) is 14.8 Å². The van der Waals surface area contributed by atoms with Crippen LogP contribution in [0.3, 0.4) is 0 Å². The Labute approximate surface area is 101 Å². The molecule has 0 aromatic carbocycles. The summed E-state index contributed by atoms with van der Waals surface area (Å²) in [6.45, 7) is 2.93. The minimum Gasteiger partial charge on any atom is -0.323 e. The molecule has 0 fully saturated rings. The van der Waals surface area contributed by atoms with Crippen molar-refractivity contribution in [1.29, 1.82) is 0 Å². The van der Waals surface area contributed by atoms with Crippen molar-refractivity contribution in [2.75, 3.05) is 0 Å². The Morgan fingerprint density at radius 3 is 2.88 bits per heavy atom. The second-order valence-corrected chi connectivity index (χ2v) is 4.04. The van der Waals surface area contributed by atoms with E-state index in [1.807, 2.05) is 35.1 Å². The van der Waals surface area contributed by atoms with Crippen LogP contribution in [0.5, 0.6) is 0 Å². The molecule has 17 heavy (non-hydrogen) atoms. The van der Waals surface area contributed by atoms with Crippen LogP contribution in [-0.2, 0) is 13.0 Å². The molecule has 1 unspecified atom stereocenters. The van der Waals surface area contributed by atoms with E-state index in [1.54, 1.807) is 6.20 Å². The summed E-state index contributed by atoms with van der Waals surface area (Å²) in [4.78, 5) is 4.30. The number of pyridine rings is 1. The lowest BCUT2D eigenvalue weighted by molar-refractivity contribution is 0.545. The molecular formula is C13H18N4. The van der Waals surface area contributed by atoms with Crippen molar-refractivity contribution in [2.24, 2.45) is 5.73 Å². The number of nitrogens with two attached hydrogens (primary N) is 1. The molecule has 1 atom stereocenters. The standard InChI is InChI=1S/C13H18N4/c1-2-17-13(8-10-16-17)12(14)7-6-11-5-3-4-9-15-11/h3-5,8-10,12H,2,6-7,14H2,1H3. The van der Waals surface area contributed by atoms with Gasteiger partial charge < -0.3 is 5.73 Å². The van der Waals surface area contributed by atoms with Crippen molar-refractivity contribution in [3.63, 3.8) is 0 Å². The summed E-state index contributed by atoms with van der Waals surface area (Å²) in [7, 11) is 0. The highest BCUT2D eigenvalue weighted by molar-refractivity contribution is 5.08. The van der Waals surface area contributed by atoms with Crippen molar-refractivity contribution in [3.05, 3.63) is 48.0 Å². The normalized spacial score (nSPS) is 12.6. The van der Waals surface area contributed by atoms with Gasteiger partial charge in [0.2, 0.25) is 0 Å². The molecule has 0 bridgehead atoms. The summed E-state index contributed by atoms with van der Waals surface area (Å²) in [6.07, 6.45) is 5.41. The van der Waals surface area contributed by atoms with Gasteiger partial charge in [0.25, 0.3) is 0 Å². The van der Waals surface area contributed by atoms with Crippen LogP contribution < -0.4 is 5.73 Å². The first-order valence-corrected chi connectivity index (χ1v) is 5.98. The molecule has 4 nitrogen and oxygen atoms in total. The third-order valence-corrected chi connectivity index (χ3v) is 2.87. The molecule has 0 spiro atoms. The number of nitrogens with zero attached hydrogens (tertiary/aromatic N) is 3. The lowest BCUT2D eigenvalue weighted by atomic mass is 10.1. The number of hydrogen-bond donors (Lipinski definition) is 1. The van der Waals surface area contributed by atoms with Crippen molar-refractivity contribution in [2.45, 2.75) is 32.4 Å². The average molecular weight is 230 g/mol. The molecule has 0 saturated heterocycles. The van der Waals surface area contributed by atoms with Gasteiger partial charge in [0.05, 0.1) is 5.69 Å². The predicted molar refractivity (Wildman–Crippen MR) is 67.4 cm³/mol. The summed E-state index contributed by atoms with van der Waals surface area (Å²) < 4.78 is 1.95. The maximum absolute atomic E-state index is 6.18. The van der Waals surface area contributed by atoms with Crippen LogP contribution in [0.25, 0.3) is 0 Å². The Morgan fingerprint density at radius 1 is 1.29 bits per heavy atom. The van der Waals surface area contributed by atoms with Gasteiger partial charge in [-0.25, -0.2) is 0 Å². The zero-order valence-electron chi connectivity index (χ0n) is 10.1. The molecule has 0 aliphatic carbocycles. The van der Waals surface area contributed by atoms with E-state index in [4.69, 9.17) is 5.73 Å². The van der Waals surface area contributed by atoms with Crippen LogP contribution in [0.2, 0.25) is 0 Å². The Hall–Kier alpha value is -1.68. The zero-order chi connectivity index (χ0) is 12.1. The molecule has 0 amide bonds. The monoisotopic (exact) mass is 230 g/mol. The van der Waals surface area contributed by atoms with Gasteiger partial charge in [-0.15, -0.1) is 0 Å². The molecule has 90 valence electrons. The Bertz CT molecular complexity index is 449. The van der Waals surface area contributed by atoms with Gasteiger partial charge in [0, 0.05) is 30.7 Å². The summed E-state index contributed by atoms with van der Waals surface area (Å²) >= 11 is 0. The molecule has 2 N–H and O–H groups in total. The Kier molecular flexibility index (Phi) is 3.88. The van der Waals surface area contributed by atoms with Crippen molar-refractivity contribution in [3.8, 4) is 0 Å². The van der Waals surface area contributed by atoms with E-state index in [0.717, 1.165) is 30.8 Å². The summed E-state index contributed by atoms with van der Waals surface area (Å²) in [5.74, 6) is 0. The van der Waals surface area contributed by atoms with E-state index >= 15 is 0 Å². The van der Waals surface area contributed by atoms with E-state index in [1.165, 1.54) is 0 Å². The van der Waals surface area contributed by atoms with Gasteiger partial charge in [0.15, 0.2) is 0 Å². The highest BCUT2D eigenvalue weighted by atomic mass is 15.3. The summed E-state index contributed by atoms with van der Waals surface area (Å²) in [6, 6.07) is 7.98. The third-order valence-electron chi connectivity index (χ3n) is 2.87. The van der Waals surface area contributed by atoms with Crippen LogP contribution in [-0.4, -0.2) is 14.8 Å². The summed E-state index contributed by atoms with van der Waals surface area (Å²) in [5.41, 5.74) is 8.36. The van der Waals surface area contributed by atoms with Gasteiger partial charge in [-0.05, 0) is 38.0 Å². The van der Waals surface area contributed by atoms with E-state index < -0.39 is 0 Å². The zero-order valence-corrected chi connectivity index (χ0v) is 10.1. The van der Waals surface area contributed by atoms with E-state index in [0.29, 0.717) is 0 Å². The Balaban J connectivity index is 1.96. The van der Waals surface area contributed by atoms with Gasteiger partial charge >= 0.3 is 0 Å². The quantitative estimate of drug-likeness (QED) is 0.854. The molecule has 0 saturated carbocycles. The smallest absolute Gasteiger partial charge is 0.0551 e. The number of hydrogen-bond acceptors (Lipinski definition) is 3. The molecule has 0 aliphatic heterocycles. The first kappa shape index (κ1) is 11.8. The lowest BCUT2D eigenvalue weighted by Gasteiger charge is -2.12. The molecule has 2 aromatic rings. The topological polar surface area (TPSA) is 56.7 Å². The highest BCUT2D eigenvalue weighted by Crippen LogP contribution is 2.15. The molecule has 0 radical (unpaired) electrons. The van der Waals surface area contributed by atoms with Gasteiger partial charge in [-0.3, -0.25) is 9.67 Å². The fraction of sp³-hybridized carbons (Fsp3) is 0.385. The minimum atomic E-state index is 0.0273.